The Hall–Kier alpha value is -0.410. The first kappa shape index (κ1) is 11.1. The van der Waals surface area contributed by atoms with E-state index >= 15 is 0 Å². The highest BCUT2D eigenvalue weighted by Crippen LogP contribution is 2.34. The van der Waals surface area contributed by atoms with E-state index in [9.17, 15) is 0 Å². The smallest absolute Gasteiger partial charge is 0.0897 e. The lowest BCUT2D eigenvalue weighted by Crippen LogP contribution is -2.33. The zero-order valence-electron chi connectivity index (χ0n) is 9.62. The topological polar surface area (TPSA) is 24.9 Å². The number of nitrogens with zero attached hydrogens (tertiary/aromatic N) is 1. The van der Waals surface area contributed by atoms with E-state index < -0.39 is 0 Å². The SMILES string of the molecule is CCCNC(Cc1csc(C)n1)C1CC1. The molecule has 0 saturated heterocycles. The standard InChI is InChI=1S/C12H20N2S/c1-3-6-13-12(10-4-5-10)7-11-8-15-9(2)14-11/h8,10,12-13H,3-7H2,1-2H3. The van der Waals surface area contributed by atoms with E-state index in [-0.39, 0.29) is 0 Å². The van der Waals surface area contributed by atoms with Gasteiger partial charge in [0.05, 0.1) is 10.7 Å². The van der Waals surface area contributed by atoms with E-state index in [1.54, 1.807) is 11.3 Å². The molecule has 1 atom stereocenters. The molecule has 1 heterocycles. The molecule has 1 aromatic rings. The van der Waals surface area contributed by atoms with Crippen LogP contribution in [0, 0.1) is 12.8 Å². The first-order chi connectivity index (χ1) is 7.29. The van der Waals surface area contributed by atoms with Crippen LogP contribution in [-0.4, -0.2) is 17.6 Å². The summed E-state index contributed by atoms with van der Waals surface area (Å²) in [5, 5.41) is 7.05. The van der Waals surface area contributed by atoms with Gasteiger partial charge in [-0.2, -0.15) is 0 Å². The Balaban J connectivity index is 1.88. The van der Waals surface area contributed by atoms with E-state index in [4.69, 9.17) is 0 Å². The molecule has 0 spiro atoms. The number of rotatable bonds is 6. The minimum absolute atomic E-state index is 0.673. The number of aromatic nitrogens is 1. The van der Waals surface area contributed by atoms with Crippen LogP contribution in [0.25, 0.3) is 0 Å². The highest BCUT2D eigenvalue weighted by Gasteiger charge is 2.30. The molecule has 1 aliphatic rings. The Morgan fingerprint density at radius 3 is 2.93 bits per heavy atom. The average molecular weight is 224 g/mol. The molecule has 2 rings (SSSR count). The van der Waals surface area contributed by atoms with Crippen LogP contribution >= 0.6 is 11.3 Å². The number of aryl methyl sites for hydroxylation is 1. The normalized spacial score (nSPS) is 18.0. The average Bonchev–Trinajstić information content (AvgIpc) is 2.98. The van der Waals surface area contributed by atoms with Gasteiger partial charge in [0.2, 0.25) is 0 Å². The molecule has 3 heteroatoms. The maximum absolute atomic E-state index is 4.55. The van der Waals surface area contributed by atoms with Crippen LogP contribution in [0.4, 0.5) is 0 Å². The predicted octanol–water partition coefficient (Wildman–Crippen LogP) is 2.77. The molecule has 1 fully saturated rings. The lowest BCUT2D eigenvalue weighted by atomic mass is 10.1. The Morgan fingerprint density at radius 1 is 1.60 bits per heavy atom. The van der Waals surface area contributed by atoms with E-state index in [0.29, 0.717) is 6.04 Å². The van der Waals surface area contributed by atoms with Crippen molar-refractivity contribution in [3.63, 3.8) is 0 Å². The summed E-state index contributed by atoms with van der Waals surface area (Å²) in [6, 6.07) is 0.673. The molecule has 1 aliphatic carbocycles. The molecule has 1 N–H and O–H groups in total. The Kier molecular flexibility index (Phi) is 3.76. The summed E-state index contributed by atoms with van der Waals surface area (Å²) in [5.41, 5.74) is 1.28. The third kappa shape index (κ3) is 3.28. The Labute approximate surface area is 96.1 Å². The van der Waals surface area contributed by atoms with Crippen molar-refractivity contribution in [3.8, 4) is 0 Å². The molecule has 0 aliphatic heterocycles. The lowest BCUT2D eigenvalue weighted by molar-refractivity contribution is 0.457. The molecule has 84 valence electrons. The zero-order valence-corrected chi connectivity index (χ0v) is 10.4. The van der Waals surface area contributed by atoms with Gasteiger partial charge < -0.3 is 5.32 Å². The third-order valence-electron chi connectivity index (χ3n) is 2.94. The molecular formula is C12H20N2S. The van der Waals surface area contributed by atoms with Crippen molar-refractivity contribution in [2.45, 2.75) is 45.6 Å². The maximum Gasteiger partial charge on any atom is 0.0897 e. The van der Waals surface area contributed by atoms with Gasteiger partial charge >= 0.3 is 0 Å². The van der Waals surface area contributed by atoms with Crippen LogP contribution in [0.3, 0.4) is 0 Å². The first-order valence-electron chi connectivity index (χ1n) is 5.94. The van der Waals surface area contributed by atoms with Gasteiger partial charge in [-0.25, -0.2) is 4.98 Å². The van der Waals surface area contributed by atoms with Crippen molar-refractivity contribution in [2.24, 2.45) is 5.92 Å². The van der Waals surface area contributed by atoms with Crippen molar-refractivity contribution in [2.75, 3.05) is 6.54 Å². The van der Waals surface area contributed by atoms with Crippen molar-refractivity contribution >= 4 is 11.3 Å². The van der Waals surface area contributed by atoms with Crippen molar-refractivity contribution in [1.82, 2.24) is 10.3 Å². The highest BCUT2D eigenvalue weighted by molar-refractivity contribution is 7.09. The quantitative estimate of drug-likeness (QED) is 0.803. The molecule has 1 aromatic heterocycles. The van der Waals surface area contributed by atoms with E-state index in [1.807, 2.05) is 0 Å². The summed E-state index contributed by atoms with van der Waals surface area (Å²) in [7, 11) is 0. The summed E-state index contributed by atoms with van der Waals surface area (Å²) in [6.45, 7) is 5.45. The second kappa shape index (κ2) is 5.08. The van der Waals surface area contributed by atoms with Gasteiger partial charge in [-0.1, -0.05) is 6.92 Å². The van der Waals surface area contributed by atoms with Crippen LogP contribution < -0.4 is 5.32 Å². The predicted molar refractivity (Wildman–Crippen MR) is 65.4 cm³/mol. The fourth-order valence-corrected chi connectivity index (χ4v) is 2.59. The molecule has 0 aromatic carbocycles. The van der Waals surface area contributed by atoms with Crippen LogP contribution in [0.2, 0.25) is 0 Å². The summed E-state index contributed by atoms with van der Waals surface area (Å²) in [5.74, 6) is 0.915. The van der Waals surface area contributed by atoms with Gasteiger partial charge in [0, 0.05) is 17.8 Å². The summed E-state index contributed by atoms with van der Waals surface area (Å²) >= 11 is 1.76. The minimum atomic E-state index is 0.673. The second-order valence-corrected chi connectivity index (χ2v) is 5.52. The van der Waals surface area contributed by atoms with Crippen LogP contribution in [-0.2, 0) is 6.42 Å². The molecule has 15 heavy (non-hydrogen) atoms. The van der Waals surface area contributed by atoms with Crippen LogP contribution in [0.1, 0.15) is 36.9 Å². The van der Waals surface area contributed by atoms with E-state index in [2.05, 4.69) is 29.5 Å². The van der Waals surface area contributed by atoms with Gasteiger partial charge in [0.25, 0.3) is 0 Å². The number of thiazole rings is 1. The number of hydrogen-bond donors (Lipinski definition) is 1. The van der Waals surface area contributed by atoms with Gasteiger partial charge in [-0.3, -0.25) is 0 Å². The van der Waals surface area contributed by atoms with Crippen molar-refractivity contribution < 1.29 is 0 Å². The van der Waals surface area contributed by atoms with E-state index in [1.165, 1.54) is 30.0 Å². The lowest BCUT2D eigenvalue weighted by Gasteiger charge is -2.16. The second-order valence-electron chi connectivity index (χ2n) is 4.46. The number of nitrogens with one attached hydrogen (secondary N) is 1. The van der Waals surface area contributed by atoms with Gasteiger partial charge in [0.1, 0.15) is 0 Å². The summed E-state index contributed by atoms with van der Waals surface area (Å²) < 4.78 is 0. The fraction of sp³-hybridized carbons (Fsp3) is 0.750. The highest BCUT2D eigenvalue weighted by atomic mass is 32.1. The van der Waals surface area contributed by atoms with Gasteiger partial charge in [-0.15, -0.1) is 11.3 Å². The third-order valence-corrected chi connectivity index (χ3v) is 3.77. The summed E-state index contributed by atoms with van der Waals surface area (Å²) in [4.78, 5) is 4.55. The Morgan fingerprint density at radius 2 is 2.40 bits per heavy atom. The van der Waals surface area contributed by atoms with Crippen LogP contribution in [0.15, 0.2) is 5.38 Å². The fourth-order valence-electron chi connectivity index (χ4n) is 1.96. The molecule has 1 saturated carbocycles. The molecule has 0 amide bonds. The van der Waals surface area contributed by atoms with Gasteiger partial charge in [0.15, 0.2) is 0 Å². The van der Waals surface area contributed by atoms with Crippen molar-refractivity contribution in [3.05, 3.63) is 16.1 Å². The molecular weight excluding hydrogens is 204 g/mol. The summed E-state index contributed by atoms with van der Waals surface area (Å²) in [6.07, 6.45) is 5.16. The molecule has 1 unspecified atom stereocenters. The van der Waals surface area contributed by atoms with Gasteiger partial charge in [-0.05, 0) is 38.6 Å². The van der Waals surface area contributed by atoms with Crippen LogP contribution in [0.5, 0.6) is 0 Å². The minimum Gasteiger partial charge on any atom is -0.313 e. The zero-order chi connectivity index (χ0) is 10.7. The molecule has 0 radical (unpaired) electrons. The van der Waals surface area contributed by atoms with Crippen molar-refractivity contribution in [1.29, 1.82) is 0 Å². The Bertz CT molecular complexity index is 304. The molecule has 0 bridgehead atoms. The van der Waals surface area contributed by atoms with E-state index in [0.717, 1.165) is 18.9 Å². The largest absolute Gasteiger partial charge is 0.313 e. The number of hydrogen-bond acceptors (Lipinski definition) is 3. The maximum atomic E-state index is 4.55. The monoisotopic (exact) mass is 224 g/mol. The molecule has 2 nitrogen and oxygen atoms in total. The first-order valence-corrected chi connectivity index (χ1v) is 6.82.